The summed E-state index contributed by atoms with van der Waals surface area (Å²) in [6, 6.07) is 1.86. The Balaban J connectivity index is 1.94. The van der Waals surface area contributed by atoms with Gasteiger partial charge in [-0.2, -0.15) is 5.10 Å². The lowest BCUT2D eigenvalue weighted by Gasteiger charge is -2.04. The molecule has 2 aromatic rings. The number of nitrogens with zero attached hydrogens (tertiary/aromatic N) is 4. The summed E-state index contributed by atoms with van der Waals surface area (Å²) in [5.74, 6) is 1.39. The summed E-state index contributed by atoms with van der Waals surface area (Å²) in [7, 11) is 0. The Labute approximate surface area is 102 Å². The summed E-state index contributed by atoms with van der Waals surface area (Å²) in [4.78, 5) is 8.62. The van der Waals surface area contributed by atoms with Crippen LogP contribution in [0.3, 0.4) is 0 Å². The van der Waals surface area contributed by atoms with Crippen molar-refractivity contribution in [2.24, 2.45) is 5.92 Å². The Morgan fingerprint density at radius 3 is 2.59 bits per heavy atom. The summed E-state index contributed by atoms with van der Waals surface area (Å²) >= 11 is 0. The third kappa shape index (κ3) is 3.37. The zero-order chi connectivity index (χ0) is 12.1. The van der Waals surface area contributed by atoms with E-state index in [1.54, 1.807) is 10.9 Å². The normalized spacial score (nSPS) is 11.0. The molecule has 90 valence electrons. The smallest absolute Gasteiger partial charge is 0.219 e. The zero-order valence-corrected chi connectivity index (χ0v) is 10.4. The molecule has 0 radical (unpaired) electrons. The second-order valence-electron chi connectivity index (χ2n) is 4.63. The van der Waals surface area contributed by atoms with Gasteiger partial charge in [0.15, 0.2) is 0 Å². The quantitative estimate of drug-likeness (QED) is 0.793. The maximum atomic E-state index is 4.31. The van der Waals surface area contributed by atoms with Gasteiger partial charge in [0.25, 0.3) is 0 Å². The molecule has 0 N–H and O–H groups in total. The molecule has 4 heteroatoms. The van der Waals surface area contributed by atoms with Crippen molar-refractivity contribution in [2.45, 2.75) is 33.1 Å². The summed E-state index contributed by atoms with van der Waals surface area (Å²) in [5, 5.41) is 4.09. The van der Waals surface area contributed by atoms with E-state index in [2.05, 4.69) is 28.9 Å². The van der Waals surface area contributed by atoms with Crippen LogP contribution in [0.5, 0.6) is 0 Å². The average Bonchev–Trinajstić information content (AvgIpc) is 2.83. The van der Waals surface area contributed by atoms with Crippen molar-refractivity contribution in [1.82, 2.24) is 19.7 Å². The predicted octanol–water partition coefficient (Wildman–Crippen LogP) is 2.64. The van der Waals surface area contributed by atoms with E-state index in [0.717, 1.165) is 12.3 Å². The van der Waals surface area contributed by atoms with Crippen LogP contribution in [-0.2, 0) is 6.42 Å². The van der Waals surface area contributed by atoms with E-state index in [9.17, 15) is 0 Å². The van der Waals surface area contributed by atoms with E-state index in [-0.39, 0.29) is 0 Å². The molecule has 0 unspecified atom stereocenters. The van der Waals surface area contributed by atoms with Gasteiger partial charge in [-0.3, -0.25) is 0 Å². The molecule has 0 spiro atoms. The largest absolute Gasteiger partial charge is 0.250 e. The van der Waals surface area contributed by atoms with Crippen LogP contribution in [-0.4, -0.2) is 19.7 Å². The number of rotatable bonds is 5. The van der Waals surface area contributed by atoms with Crippen LogP contribution in [0.2, 0.25) is 0 Å². The Bertz CT molecular complexity index is 431. The van der Waals surface area contributed by atoms with Crippen molar-refractivity contribution in [2.75, 3.05) is 0 Å². The molecule has 0 fully saturated rings. The lowest BCUT2D eigenvalue weighted by Crippen LogP contribution is -2.02. The standard InChI is InChI=1S/C13H18N4/c1-11(2)5-3-6-12-9-14-13(15-10-12)17-8-4-7-16-17/h4,7-11H,3,5-6H2,1-2H3. The maximum Gasteiger partial charge on any atom is 0.250 e. The van der Waals surface area contributed by atoms with Crippen molar-refractivity contribution in [1.29, 1.82) is 0 Å². The summed E-state index contributed by atoms with van der Waals surface area (Å²) in [6.45, 7) is 4.49. The minimum absolute atomic E-state index is 0.627. The molecule has 0 atom stereocenters. The molecule has 0 amide bonds. The lowest BCUT2D eigenvalue weighted by atomic mass is 10.0. The topological polar surface area (TPSA) is 43.6 Å². The van der Waals surface area contributed by atoms with Crippen molar-refractivity contribution in [3.63, 3.8) is 0 Å². The first-order valence-corrected chi connectivity index (χ1v) is 6.06. The zero-order valence-electron chi connectivity index (χ0n) is 10.4. The minimum atomic E-state index is 0.627. The van der Waals surface area contributed by atoms with E-state index in [4.69, 9.17) is 0 Å². The minimum Gasteiger partial charge on any atom is -0.219 e. The molecule has 0 aliphatic heterocycles. The fourth-order valence-electron chi connectivity index (χ4n) is 1.70. The molecule has 0 saturated carbocycles. The first-order chi connectivity index (χ1) is 8.25. The lowest BCUT2D eigenvalue weighted by molar-refractivity contribution is 0.555. The molecule has 0 bridgehead atoms. The van der Waals surface area contributed by atoms with Crippen LogP contribution in [0.15, 0.2) is 30.9 Å². The van der Waals surface area contributed by atoms with Crippen molar-refractivity contribution >= 4 is 0 Å². The van der Waals surface area contributed by atoms with Crippen molar-refractivity contribution < 1.29 is 0 Å². The molecule has 17 heavy (non-hydrogen) atoms. The molecule has 0 saturated heterocycles. The van der Waals surface area contributed by atoms with Gasteiger partial charge in [0, 0.05) is 24.8 Å². The van der Waals surface area contributed by atoms with Crippen LogP contribution < -0.4 is 0 Å². The van der Waals surface area contributed by atoms with E-state index in [0.29, 0.717) is 5.95 Å². The van der Waals surface area contributed by atoms with Gasteiger partial charge in [0.1, 0.15) is 0 Å². The average molecular weight is 230 g/mol. The third-order valence-electron chi connectivity index (χ3n) is 2.65. The third-order valence-corrected chi connectivity index (χ3v) is 2.65. The molecule has 0 aliphatic rings. The van der Waals surface area contributed by atoms with E-state index >= 15 is 0 Å². The van der Waals surface area contributed by atoms with Crippen LogP contribution >= 0.6 is 0 Å². The molecule has 0 aromatic carbocycles. The molecular formula is C13H18N4. The molecule has 2 aromatic heterocycles. The van der Waals surface area contributed by atoms with E-state index < -0.39 is 0 Å². The molecule has 2 heterocycles. The summed E-state index contributed by atoms with van der Waals surface area (Å²) in [5.41, 5.74) is 1.20. The van der Waals surface area contributed by atoms with Gasteiger partial charge in [0.05, 0.1) is 0 Å². The predicted molar refractivity (Wildman–Crippen MR) is 66.9 cm³/mol. The summed E-state index contributed by atoms with van der Waals surface area (Å²) < 4.78 is 1.66. The van der Waals surface area contributed by atoms with Crippen LogP contribution in [0.25, 0.3) is 5.95 Å². The molecule has 2 rings (SSSR count). The van der Waals surface area contributed by atoms with Crippen LogP contribution in [0, 0.1) is 5.92 Å². The van der Waals surface area contributed by atoms with Gasteiger partial charge in [-0.1, -0.05) is 20.3 Å². The Morgan fingerprint density at radius 2 is 2.00 bits per heavy atom. The highest BCUT2D eigenvalue weighted by atomic mass is 15.3. The monoisotopic (exact) mass is 230 g/mol. The SMILES string of the molecule is CC(C)CCCc1cnc(-n2cccn2)nc1. The van der Waals surface area contributed by atoms with Gasteiger partial charge in [-0.15, -0.1) is 0 Å². The van der Waals surface area contributed by atoms with Crippen LogP contribution in [0.1, 0.15) is 32.3 Å². The second-order valence-corrected chi connectivity index (χ2v) is 4.63. The highest BCUT2D eigenvalue weighted by Crippen LogP contribution is 2.09. The van der Waals surface area contributed by atoms with E-state index in [1.807, 2.05) is 24.7 Å². The number of aromatic nitrogens is 4. The Morgan fingerprint density at radius 1 is 1.24 bits per heavy atom. The molecular weight excluding hydrogens is 212 g/mol. The highest BCUT2D eigenvalue weighted by molar-refractivity contribution is 5.13. The van der Waals surface area contributed by atoms with Gasteiger partial charge in [-0.25, -0.2) is 14.6 Å². The van der Waals surface area contributed by atoms with Gasteiger partial charge in [0.2, 0.25) is 5.95 Å². The fourth-order valence-corrected chi connectivity index (χ4v) is 1.70. The first-order valence-electron chi connectivity index (χ1n) is 6.06. The maximum absolute atomic E-state index is 4.31. The molecule has 4 nitrogen and oxygen atoms in total. The Hall–Kier alpha value is -1.71. The fraction of sp³-hybridized carbons (Fsp3) is 0.462. The number of aryl methyl sites for hydroxylation is 1. The van der Waals surface area contributed by atoms with Gasteiger partial charge >= 0.3 is 0 Å². The number of hydrogen-bond acceptors (Lipinski definition) is 3. The summed E-state index contributed by atoms with van der Waals surface area (Å²) in [6.07, 6.45) is 10.9. The highest BCUT2D eigenvalue weighted by Gasteiger charge is 2.01. The van der Waals surface area contributed by atoms with Gasteiger partial charge < -0.3 is 0 Å². The van der Waals surface area contributed by atoms with Gasteiger partial charge in [-0.05, 0) is 30.4 Å². The second kappa shape index (κ2) is 5.57. The van der Waals surface area contributed by atoms with Crippen LogP contribution in [0.4, 0.5) is 0 Å². The van der Waals surface area contributed by atoms with Crippen molar-refractivity contribution in [3.8, 4) is 5.95 Å². The number of hydrogen-bond donors (Lipinski definition) is 0. The van der Waals surface area contributed by atoms with E-state index in [1.165, 1.54) is 18.4 Å². The van der Waals surface area contributed by atoms with Crippen molar-refractivity contribution in [3.05, 3.63) is 36.4 Å². The molecule has 0 aliphatic carbocycles. The Kier molecular flexibility index (Phi) is 3.85. The first kappa shape index (κ1) is 11.8.